The van der Waals surface area contributed by atoms with E-state index in [1.54, 1.807) is 0 Å². The molecule has 0 unspecified atom stereocenters. The standard InChI is InChI=1S/C10H6NO4/c1-6-4-9-7(2-3-10(12)15-9)5-8(6)11(13)14/h2-5H,1H2. The molecule has 1 radical (unpaired) electrons. The molecule has 0 amide bonds. The minimum Gasteiger partial charge on any atom is -0.423 e. The first-order chi connectivity index (χ1) is 7.08. The molecule has 5 nitrogen and oxygen atoms in total. The maximum atomic E-state index is 10.9. The lowest BCUT2D eigenvalue weighted by Crippen LogP contribution is -1.96. The molecule has 15 heavy (non-hydrogen) atoms. The minimum atomic E-state index is -0.521. The summed E-state index contributed by atoms with van der Waals surface area (Å²) in [6.07, 6.45) is 0. The molecule has 0 atom stereocenters. The largest absolute Gasteiger partial charge is 0.423 e. The Morgan fingerprint density at radius 2 is 2.07 bits per heavy atom. The van der Waals surface area contributed by atoms with Gasteiger partial charge in [-0.3, -0.25) is 10.1 Å². The fourth-order valence-electron chi connectivity index (χ4n) is 1.32. The van der Waals surface area contributed by atoms with Gasteiger partial charge in [0.2, 0.25) is 0 Å². The number of hydrogen-bond acceptors (Lipinski definition) is 4. The Morgan fingerprint density at radius 3 is 2.73 bits per heavy atom. The van der Waals surface area contributed by atoms with E-state index >= 15 is 0 Å². The number of fused-ring (bicyclic) bond motifs is 1. The third-order valence-electron chi connectivity index (χ3n) is 2.02. The van der Waals surface area contributed by atoms with Gasteiger partial charge in [-0.15, -0.1) is 0 Å². The van der Waals surface area contributed by atoms with Crippen molar-refractivity contribution in [1.82, 2.24) is 0 Å². The highest BCUT2D eigenvalue weighted by Crippen LogP contribution is 2.23. The zero-order valence-corrected chi connectivity index (χ0v) is 7.60. The van der Waals surface area contributed by atoms with Gasteiger partial charge >= 0.3 is 5.63 Å². The average Bonchev–Trinajstić information content (AvgIpc) is 2.15. The van der Waals surface area contributed by atoms with Crippen LogP contribution >= 0.6 is 0 Å². The molecule has 75 valence electrons. The summed E-state index contributed by atoms with van der Waals surface area (Å²) in [5.41, 5.74) is -0.0490. The Labute approximate surface area is 84.1 Å². The van der Waals surface area contributed by atoms with Crippen LogP contribution in [0.15, 0.2) is 33.5 Å². The van der Waals surface area contributed by atoms with Crippen LogP contribution in [0.5, 0.6) is 0 Å². The lowest BCUT2D eigenvalue weighted by atomic mass is 10.1. The molecule has 1 heterocycles. The summed E-state index contributed by atoms with van der Waals surface area (Å²) in [5.74, 6) is 0. The minimum absolute atomic E-state index is 0.0867. The van der Waals surface area contributed by atoms with Gasteiger partial charge in [0.1, 0.15) is 5.58 Å². The predicted octanol–water partition coefficient (Wildman–Crippen LogP) is 1.88. The molecule has 2 aromatic rings. The lowest BCUT2D eigenvalue weighted by Gasteiger charge is -1.99. The van der Waals surface area contributed by atoms with E-state index in [2.05, 4.69) is 6.92 Å². The van der Waals surface area contributed by atoms with Crippen molar-refractivity contribution in [3.05, 3.63) is 57.3 Å². The maximum absolute atomic E-state index is 10.9. The Bertz CT molecular complexity index is 600. The highest BCUT2D eigenvalue weighted by atomic mass is 16.6. The van der Waals surface area contributed by atoms with Crippen LogP contribution in [-0.2, 0) is 0 Å². The van der Waals surface area contributed by atoms with E-state index in [9.17, 15) is 14.9 Å². The first-order valence-corrected chi connectivity index (χ1v) is 4.12. The van der Waals surface area contributed by atoms with Gasteiger partial charge in [0.05, 0.1) is 4.92 Å². The third kappa shape index (κ3) is 1.59. The lowest BCUT2D eigenvalue weighted by molar-refractivity contribution is -0.385. The second kappa shape index (κ2) is 3.20. The summed E-state index contributed by atoms with van der Waals surface area (Å²) in [4.78, 5) is 21.0. The van der Waals surface area contributed by atoms with Gasteiger partial charge < -0.3 is 4.42 Å². The van der Waals surface area contributed by atoms with Gasteiger partial charge in [0.25, 0.3) is 5.69 Å². The second-order valence-electron chi connectivity index (χ2n) is 3.03. The van der Waals surface area contributed by atoms with Crippen molar-refractivity contribution in [2.45, 2.75) is 0 Å². The Morgan fingerprint density at radius 1 is 1.33 bits per heavy atom. The molecular formula is C10H6NO4. The smallest absolute Gasteiger partial charge is 0.336 e. The number of hydrogen-bond donors (Lipinski definition) is 0. The van der Waals surface area contributed by atoms with Gasteiger partial charge in [0, 0.05) is 23.1 Å². The highest BCUT2D eigenvalue weighted by Gasteiger charge is 2.12. The van der Waals surface area contributed by atoms with E-state index in [1.165, 1.54) is 24.3 Å². The predicted molar refractivity (Wildman–Crippen MR) is 53.6 cm³/mol. The van der Waals surface area contributed by atoms with Crippen LogP contribution in [-0.4, -0.2) is 4.92 Å². The van der Waals surface area contributed by atoms with E-state index in [1.807, 2.05) is 0 Å². The van der Waals surface area contributed by atoms with Gasteiger partial charge in [-0.25, -0.2) is 4.79 Å². The second-order valence-corrected chi connectivity index (χ2v) is 3.03. The SMILES string of the molecule is [CH2]c1cc2oc(=O)ccc2cc1[N+](=O)[O-]. The molecule has 0 saturated carbocycles. The molecule has 2 rings (SSSR count). The van der Waals surface area contributed by atoms with E-state index in [0.717, 1.165) is 0 Å². The van der Waals surface area contributed by atoms with E-state index in [0.29, 0.717) is 11.0 Å². The Balaban J connectivity index is 2.82. The molecule has 1 aromatic heterocycles. The van der Waals surface area contributed by atoms with Crippen molar-refractivity contribution in [1.29, 1.82) is 0 Å². The molecule has 0 bridgehead atoms. The summed E-state index contributed by atoms with van der Waals surface area (Å²) < 4.78 is 4.86. The van der Waals surface area contributed by atoms with Crippen LogP contribution < -0.4 is 5.63 Å². The number of nitro benzene ring substituents is 1. The van der Waals surface area contributed by atoms with Crippen molar-refractivity contribution in [2.75, 3.05) is 0 Å². The average molecular weight is 204 g/mol. The number of nitrogens with zero attached hydrogens (tertiary/aromatic N) is 1. The summed E-state index contributed by atoms with van der Waals surface area (Å²) in [7, 11) is 0. The maximum Gasteiger partial charge on any atom is 0.336 e. The van der Waals surface area contributed by atoms with Crippen LogP contribution in [0.4, 0.5) is 5.69 Å². The molecule has 0 saturated heterocycles. The topological polar surface area (TPSA) is 73.3 Å². The Hall–Kier alpha value is -2.17. The first-order valence-electron chi connectivity index (χ1n) is 4.12. The normalized spacial score (nSPS) is 10.5. The molecule has 0 fully saturated rings. The summed E-state index contributed by atoms with van der Waals surface area (Å²) in [6.45, 7) is 3.52. The molecule has 0 aliphatic carbocycles. The Kier molecular flexibility index (Phi) is 2.00. The molecule has 0 spiro atoms. The highest BCUT2D eigenvalue weighted by molar-refractivity contribution is 5.80. The monoisotopic (exact) mass is 204 g/mol. The molecule has 0 aliphatic rings. The zero-order chi connectivity index (χ0) is 11.0. The van der Waals surface area contributed by atoms with E-state index in [4.69, 9.17) is 4.42 Å². The molecule has 5 heteroatoms. The van der Waals surface area contributed by atoms with Crippen LogP contribution in [0.1, 0.15) is 5.56 Å². The molecular weight excluding hydrogens is 198 g/mol. The number of benzene rings is 1. The number of nitro groups is 1. The first kappa shape index (κ1) is 9.39. The summed E-state index contributed by atoms with van der Waals surface area (Å²) in [5, 5.41) is 11.1. The molecule has 0 aliphatic heterocycles. The van der Waals surface area contributed by atoms with E-state index in [-0.39, 0.29) is 11.3 Å². The molecule has 0 N–H and O–H groups in total. The fourth-order valence-corrected chi connectivity index (χ4v) is 1.32. The van der Waals surface area contributed by atoms with Gasteiger partial charge in [-0.1, -0.05) is 0 Å². The summed E-state index contributed by atoms with van der Waals surface area (Å²) in [6, 6.07) is 5.41. The molecule has 1 aromatic carbocycles. The van der Waals surface area contributed by atoms with Crippen molar-refractivity contribution in [3.63, 3.8) is 0 Å². The summed E-state index contributed by atoms with van der Waals surface area (Å²) >= 11 is 0. The van der Waals surface area contributed by atoms with E-state index < -0.39 is 10.5 Å². The number of rotatable bonds is 1. The van der Waals surface area contributed by atoms with Crippen molar-refractivity contribution in [2.24, 2.45) is 0 Å². The van der Waals surface area contributed by atoms with Gasteiger partial charge in [-0.05, 0) is 19.1 Å². The third-order valence-corrected chi connectivity index (χ3v) is 2.02. The van der Waals surface area contributed by atoms with Crippen LogP contribution in [0.25, 0.3) is 11.0 Å². The zero-order valence-electron chi connectivity index (χ0n) is 7.60. The van der Waals surface area contributed by atoms with Crippen LogP contribution in [0.3, 0.4) is 0 Å². The van der Waals surface area contributed by atoms with Gasteiger partial charge in [-0.2, -0.15) is 0 Å². The quantitative estimate of drug-likeness (QED) is 0.404. The van der Waals surface area contributed by atoms with Crippen LogP contribution in [0.2, 0.25) is 0 Å². The van der Waals surface area contributed by atoms with Gasteiger partial charge in [0.15, 0.2) is 0 Å². The fraction of sp³-hybridized carbons (Fsp3) is 0. The van der Waals surface area contributed by atoms with Crippen molar-refractivity contribution < 1.29 is 9.34 Å². The van der Waals surface area contributed by atoms with Crippen molar-refractivity contribution >= 4 is 16.7 Å². The van der Waals surface area contributed by atoms with Crippen LogP contribution in [0, 0.1) is 17.0 Å². The van der Waals surface area contributed by atoms with Crippen molar-refractivity contribution in [3.8, 4) is 0 Å².